The highest BCUT2D eigenvalue weighted by Gasteiger charge is 2.47. The number of carbonyl (C=O) groups excluding carboxylic acids is 9. The predicted molar refractivity (Wildman–Crippen MR) is 450 cm³/mol. The Morgan fingerprint density at radius 3 is 0.779 bits per heavy atom. The van der Waals surface area contributed by atoms with Crippen LogP contribution in [0.25, 0.3) is 0 Å². The van der Waals surface area contributed by atoms with Gasteiger partial charge in [0.25, 0.3) is 0 Å². The van der Waals surface area contributed by atoms with Crippen LogP contribution in [0, 0.1) is 23.7 Å². The molecule has 17 atom stereocenters. The van der Waals surface area contributed by atoms with E-state index in [0.29, 0.717) is 187 Å². The third kappa shape index (κ3) is 49.7. The van der Waals surface area contributed by atoms with E-state index in [9.17, 15) is 113 Å². The first-order valence-electron chi connectivity index (χ1n) is 44.3. The fourth-order valence-corrected chi connectivity index (χ4v) is 16.3. The van der Waals surface area contributed by atoms with E-state index < -0.39 is 151 Å². The summed E-state index contributed by atoms with van der Waals surface area (Å²) < 4.78 is 70.4. The van der Waals surface area contributed by atoms with E-state index in [4.69, 9.17) is 37.0 Å². The second kappa shape index (κ2) is 66.0. The molecule has 3 aliphatic rings. The van der Waals surface area contributed by atoms with Crippen molar-refractivity contribution in [3.63, 3.8) is 0 Å². The average Bonchev–Trinajstić information content (AvgIpc) is 0.817. The average molecular weight is 1790 g/mol. The number of phosphoric ester groups is 2. The lowest BCUT2D eigenvalue weighted by atomic mass is 9.79. The number of methoxy groups -OCH3 is 1. The zero-order valence-electron chi connectivity index (χ0n) is 73.7. The van der Waals surface area contributed by atoms with Crippen LogP contribution in [-0.4, -0.2) is 327 Å². The summed E-state index contributed by atoms with van der Waals surface area (Å²) in [6.45, 7) is 7.19. The van der Waals surface area contributed by atoms with Gasteiger partial charge in [0.2, 0.25) is 35.4 Å². The van der Waals surface area contributed by atoms with Gasteiger partial charge in [0.15, 0.2) is 0 Å². The fraction of sp³-hybridized carbons (Fsp3) is 0.892. The molecule has 0 aromatic carbocycles. The van der Waals surface area contributed by atoms with Gasteiger partial charge in [0.1, 0.15) is 35.7 Å². The number of ether oxygens (including phenoxy) is 4. The third-order valence-corrected chi connectivity index (χ3v) is 23.8. The zero-order chi connectivity index (χ0) is 91.0. The van der Waals surface area contributed by atoms with E-state index >= 15 is 0 Å². The van der Waals surface area contributed by atoms with Crippen molar-refractivity contribution in [2.24, 2.45) is 23.7 Å². The molecule has 0 aromatic rings. The minimum Gasteiger partial charge on any atom is -0.396 e. The Morgan fingerprint density at radius 2 is 0.557 bits per heavy atom. The standard InChI is InChI=1S/C79H144N6O31P2.C4H10/c1-56(90)80-71-65(50-59(53-87)74(99)77(71)102)110-42-23-11-17-29-62(93)26-14-5-8-20-32-68(96)83(35-41-86)37-46-113-117(105,106)115-48-39-85(70(98)34-22-10-7-16-28-64(95)31-19-13-25-44-112-67-52-61(55-89)76(101)79(104)73(67)82-58(3)92)40-49-116-118(107,108)114-47-38-84(36-45-109-4)69(97)33-21-9-6-15-27-63(94)30-18-12-24-43-111-66-51-60(54-88)75(100)78(103)72(66)81-57(2)91;1-4(2)3/h59-61,65-67,71-79,86-89,99-104H,5-55H2,1-4H3,(H,80,90)(H,81,91)(H,82,92)(H,105,106)(H,107,108);4H,1-3H3. The van der Waals surface area contributed by atoms with E-state index in [0.717, 1.165) is 5.92 Å². The molecule has 3 saturated carbocycles. The number of Topliss-reactive ketones (excluding diaryl/α,β-unsaturated/α-hetero) is 3. The van der Waals surface area contributed by atoms with Gasteiger partial charge in [-0.1, -0.05) is 78.6 Å². The number of amides is 6. The van der Waals surface area contributed by atoms with Gasteiger partial charge in [0, 0.05) is 182 Å². The van der Waals surface area contributed by atoms with Crippen LogP contribution in [0.5, 0.6) is 0 Å². The Balaban J connectivity index is 0.0000123. The Labute approximate surface area is 722 Å². The number of carbonyl (C=O) groups is 9. The molecule has 6 amide bonds. The summed E-state index contributed by atoms with van der Waals surface area (Å²) in [5.74, 6) is -2.94. The van der Waals surface area contributed by atoms with Crippen molar-refractivity contribution < 1.29 is 150 Å². The summed E-state index contributed by atoms with van der Waals surface area (Å²) in [7, 11) is -8.17. The van der Waals surface area contributed by atoms with Crippen LogP contribution >= 0.6 is 15.6 Å². The molecule has 15 N–H and O–H groups in total. The molecule has 122 heavy (non-hydrogen) atoms. The van der Waals surface area contributed by atoms with Crippen molar-refractivity contribution in [3.8, 4) is 0 Å². The highest BCUT2D eigenvalue weighted by molar-refractivity contribution is 7.47. The van der Waals surface area contributed by atoms with E-state index in [-0.39, 0.29) is 152 Å². The van der Waals surface area contributed by atoms with Gasteiger partial charge in [-0.05, 0) is 102 Å². The van der Waals surface area contributed by atoms with Crippen LogP contribution in [0.2, 0.25) is 0 Å². The lowest BCUT2D eigenvalue weighted by molar-refractivity contribution is -0.142. The van der Waals surface area contributed by atoms with Gasteiger partial charge in [-0.3, -0.25) is 61.2 Å². The van der Waals surface area contributed by atoms with Gasteiger partial charge in [-0.2, -0.15) is 0 Å². The highest BCUT2D eigenvalue weighted by Crippen LogP contribution is 2.44. The van der Waals surface area contributed by atoms with Crippen molar-refractivity contribution in [2.45, 2.75) is 326 Å². The zero-order valence-corrected chi connectivity index (χ0v) is 75.4. The predicted octanol–water partition coefficient (Wildman–Crippen LogP) is 4.32. The van der Waals surface area contributed by atoms with Gasteiger partial charge in [-0.25, -0.2) is 9.13 Å². The minimum atomic E-state index is -4.82. The van der Waals surface area contributed by atoms with Crippen molar-refractivity contribution in [2.75, 3.05) is 126 Å². The highest BCUT2D eigenvalue weighted by atomic mass is 31.2. The number of nitrogens with zero attached hydrogens (tertiary/aromatic N) is 3. The van der Waals surface area contributed by atoms with Crippen molar-refractivity contribution >= 4 is 68.4 Å². The molecule has 712 valence electrons. The van der Waals surface area contributed by atoms with Crippen LogP contribution in [0.15, 0.2) is 0 Å². The number of phosphoric acid groups is 2. The first-order chi connectivity index (χ1) is 58.0. The number of hydrogen-bond donors (Lipinski definition) is 15. The molecule has 0 radical (unpaired) electrons. The Bertz CT molecular complexity index is 3020. The number of aliphatic hydroxyl groups is 10. The Kier molecular flexibility index (Phi) is 61.4. The molecule has 3 aliphatic carbocycles. The second-order valence-corrected chi connectivity index (χ2v) is 35.9. The number of ketones is 3. The third-order valence-electron chi connectivity index (χ3n) is 21.8. The fourth-order valence-electron chi connectivity index (χ4n) is 14.9. The van der Waals surface area contributed by atoms with Crippen molar-refractivity contribution in [3.05, 3.63) is 0 Å². The quantitative estimate of drug-likeness (QED) is 0.0298. The van der Waals surface area contributed by atoms with Crippen molar-refractivity contribution in [1.82, 2.24) is 30.7 Å². The first kappa shape index (κ1) is 114. The minimum absolute atomic E-state index is 0.0208. The molecule has 0 spiro atoms. The van der Waals surface area contributed by atoms with Crippen LogP contribution in [0.3, 0.4) is 0 Å². The smallest absolute Gasteiger partial charge is 0.396 e. The van der Waals surface area contributed by atoms with Crippen LogP contribution in [0.1, 0.15) is 253 Å². The summed E-state index contributed by atoms with van der Waals surface area (Å²) in [6.07, 6.45) is 6.62. The number of hydrogen-bond acceptors (Lipinski definition) is 29. The Hall–Kier alpha value is -4.51. The molecular formula is C83H154N6O31P2. The van der Waals surface area contributed by atoms with Crippen LogP contribution < -0.4 is 16.0 Å². The number of unbranched alkanes of at least 4 members (excludes halogenated alkanes) is 15. The first-order valence-corrected chi connectivity index (χ1v) is 47.3. The SMILES string of the molecule is CC(C)C.COCCN(CCOP(=O)(O)OCCN(CCOP(=O)(O)OCCN(CCO)C(=O)CCCCCCC(=O)CCCCCOC1CC(CO)C(O)C(O)C1NC(C)=O)C(=O)CCCCCCC(=O)CCCCCOC1CC(CO)C(O)C(O)C1NC(C)=O)C(=O)CCCCCCC(=O)CCCCCOC1CC(CO)C(O)C(O)C1NC(C)=O. The second-order valence-electron chi connectivity index (χ2n) is 33.0. The lowest BCUT2D eigenvalue weighted by Crippen LogP contribution is -2.61. The normalized spacial score (nSPS) is 23.8. The molecule has 0 aliphatic heterocycles. The molecule has 3 rings (SSSR count). The summed E-state index contributed by atoms with van der Waals surface area (Å²) in [5, 5.41) is 109. The van der Waals surface area contributed by atoms with Gasteiger partial charge in [-0.15, -0.1) is 0 Å². The van der Waals surface area contributed by atoms with Crippen LogP contribution in [0.4, 0.5) is 0 Å². The number of nitrogens with one attached hydrogen (secondary N) is 3. The Morgan fingerprint density at radius 1 is 0.336 bits per heavy atom. The monoisotopic (exact) mass is 1790 g/mol. The molecule has 3 fully saturated rings. The van der Waals surface area contributed by atoms with E-state index in [1.54, 1.807) is 0 Å². The van der Waals surface area contributed by atoms with E-state index in [2.05, 4.69) is 36.7 Å². The van der Waals surface area contributed by atoms with Crippen molar-refractivity contribution in [1.29, 1.82) is 0 Å². The van der Waals surface area contributed by atoms with Gasteiger partial charge >= 0.3 is 15.6 Å². The number of rotatable bonds is 69. The summed E-state index contributed by atoms with van der Waals surface area (Å²) in [4.78, 5) is 139. The van der Waals surface area contributed by atoms with E-state index in [1.165, 1.54) is 42.6 Å². The van der Waals surface area contributed by atoms with Gasteiger partial charge < -0.3 is 110 Å². The largest absolute Gasteiger partial charge is 0.472 e. The molecule has 39 heteroatoms. The molecule has 0 bridgehead atoms. The summed E-state index contributed by atoms with van der Waals surface area (Å²) in [6, 6.07) is -2.50. The van der Waals surface area contributed by atoms with Crippen LogP contribution in [-0.2, 0) is 89.3 Å². The molecular weight excluding hydrogens is 1640 g/mol. The molecule has 0 aromatic heterocycles. The maximum absolute atomic E-state index is 13.8. The van der Waals surface area contributed by atoms with E-state index in [1.807, 2.05) is 0 Å². The molecule has 17 unspecified atom stereocenters. The maximum atomic E-state index is 13.8. The molecule has 0 saturated heterocycles. The molecule has 0 heterocycles. The summed E-state index contributed by atoms with van der Waals surface area (Å²) >= 11 is 0. The van der Waals surface area contributed by atoms with Gasteiger partial charge in [0.05, 0.1) is 94.4 Å². The maximum Gasteiger partial charge on any atom is 0.472 e. The molecule has 37 nitrogen and oxygen atoms in total. The number of aliphatic hydroxyl groups excluding tert-OH is 10. The lowest BCUT2D eigenvalue weighted by Gasteiger charge is -2.42. The summed E-state index contributed by atoms with van der Waals surface area (Å²) in [5.41, 5.74) is 0. The topological polar surface area (TPSA) is 550 Å².